The Balaban J connectivity index is 1.33. The number of carboxylic acids is 1. The highest BCUT2D eigenvalue weighted by Gasteiger charge is 2.61. The molecule has 1 aliphatic heterocycles. The number of anilines is 1. The predicted octanol–water partition coefficient (Wildman–Crippen LogP) is 3.75. The lowest BCUT2D eigenvalue weighted by Crippen LogP contribution is -2.28. The number of aliphatic carboxylic acids is 1. The summed E-state index contributed by atoms with van der Waals surface area (Å²) in [5.41, 5.74) is 3.20. The highest BCUT2D eigenvalue weighted by atomic mass is 16.5. The van der Waals surface area contributed by atoms with Crippen molar-refractivity contribution in [2.75, 3.05) is 11.9 Å². The minimum Gasteiger partial charge on any atom is -0.493 e. The summed E-state index contributed by atoms with van der Waals surface area (Å²) in [5.74, 6) is -1.15. The van der Waals surface area contributed by atoms with Crippen LogP contribution in [0.25, 0.3) is 0 Å². The van der Waals surface area contributed by atoms with Gasteiger partial charge >= 0.3 is 5.97 Å². The summed E-state index contributed by atoms with van der Waals surface area (Å²) in [6.45, 7) is 0.770. The summed E-state index contributed by atoms with van der Waals surface area (Å²) in [6.07, 6.45) is 5.75. The highest BCUT2D eigenvalue weighted by molar-refractivity contribution is 5.98. The normalized spacial score (nSPS) is 19.0. The fourth-order valence-corrected chi connectivity index (χ4v) is 5.11. The molecule has 1 aliphatic carbocycles. The van der Waals surface area contributed by atoms with Crippen molar-refractivity contribution in [1.29, 1.82) is 5.26 Å². The maximum absolute atomic E-state index is 13.4. The monoisotopic (exact) mass is 522 g/mol. The average molecular weight is 523 g/mol. The smallest absolute Gasteiger partial charge is 0.327 e. The Hall–Kier alpha value is -4.97. The Labute approximate surface area is 225 Å². The van der Waals surface area contributed by atoms with Gasteiger partial charge in [0.25, 0.3) is 5.91 Å². The summed E-state index contributed by atoms with van der Waals surface area (Å²) in [4.78, 5) is 41.4. The van der Waals surface area contributed by atoms with Crippen molar-refractivity contribution in [3.05, 3.63) is 101 Å². The predicted molar refractivity (Wildman–Crippen MR) is 142 cm³/mol. The number of rotatable bonds is 8. The molecule has 3 aromatic rings. The summed E-state index contributed by atoms with van der Waals surface area (Å²) >= 11 is 0. The third kappa shape index (κ3) is 5.50. The lowest BCUT2D eigenvalue weighted by molar-refractivity contribution is -0.131. The summed E-state index contributed by atoms with van der Waals surface area (Å²) in [7, 11) is 0. The molecule has 1 spiro atoms. The van der Waals surface area contributed by atoms with Crippen molar-refractivity contribution >= 4 is 23.5 Å². The number of carbonyl (C=O) groups excluding carboxylic acids is 2. The molecular weight excluding hydrogens is 496 g/mol. The number of amides is 2. The van der Waals surface area contributed by atoms with Crippen LogP contribution in [0, 0.1) is 17.2 Å². The van der Waals surface area contributed by atoms with Crippen LogP contribution in [0.3, 0.4) is 0 Å². The van der Waals surface area contributed by atoms with Gasteiger partial charge in [0.1, 0.15) is 5.75 Å². The van der Waals surface area contributed by atoms with Gasteiger partial charge in [0.05, 0.1) is 30.5 Å². The van der Waals surface area contributed by atoms with Crippen LogP contribution in [0.15, 0.2) is 72.9 Å². The zero-order chi connectivity index (χ0) is 27.4. The van der Waals surface area contributed by atoms with Gasteiger partial charge in [-0.3, -0.25) is 14.6 Å². The molecule has 39 heavy (non-hydrogen) atoms. The molecule has 2 amide bonds. The van der Waals surface area contributed by atoms with E-state index >= 15 is 0 Å². The summed E-state index contributed by atoms with van der Waals surface area (Å²) in [5, 5.41) is 24.1. The molecule has 2 aromatic carbocycles. The fraction of sp³-hybridized carbons (Fsp3) is 0.233. The van der Waals surface area contributed by atoms with Crippen LogP contribution in [0.2, 0.25) is 0 Å². The number of pyridine rings is 1. The zero-order valence-electron chi connectivity index (χ0n) is 21.0. The second kappa shape index (κ2) is 10.8. The third-order valence-corrected chi connectivity index (χ3v) is 7.23. The molecule has 0 unspecified atom stereocenters. The van der Waals surface area contributed by atoms with Gasteiger partial charge in [0.2, 0.25) is 5.91 Å². The van der Waals surface area contributed by atoms with Crippen molar-refractivity contribution in [3.8, 4) is 11.8 Å². The van der Waals surface area contributed by atoms with Crippen molar-refractivity contribution in [2.24, 2.45) is 5.92 Å². The van der Waals surface area contributed by atoms with E-state index in [1.54, 1.807) is 36.5 Å². The van der Waals surface area contributed by atoms with Crippen LogP contribution >= 0.6 is 0 Å². The molecule has 9 heteroatoms. The standard InChI is InChI=1S/C30H26N4O5/c31-17-19-7-8-20(4-3-6-27(35)36)25(14-19)34-29(38)24-16-30(24)11-13-39-26-10-9-21(15-23(26)30)28(37)33-18-22-5-1-2-12-32-22/h1-3,5-10,12,14-15,24H,4,11,13,16,18H2,(H,33,37)(H,34,38)(H,35,36)/t24-,30-/m0/s1. The minimum atomic E-state index is -1.06. The van der Waals surface area contributed by atoms with Crippen LogP contribution in [-0.2, 0) is 28.0 Å². The molecule has 3 N–H and O–H groups in total. The first-order chi connectivity index (χ1) is 18.9. The third-order valence-electron chi connectivity index (χ3n) is 7.23. The SMILES string of the molecule is N#Cc1ccc(CC=CC(=O)O)c(NC(=O)[C@@H]2C[C@]23CCOc2ccc(C(=O)NCc4ccccn4)cc23)c1. The molecule has 2 aliphatic rings. The van der Waals surface area contributed by atoms with Gasteiger partial charge < -0.3 is 20.5 Å². The number of allylic oxidation sites excluding steroid dienone is 1. The number of hydrogen-bond acceptors (Lipinski definition) is 6. The van der Waals surface area contributed by atoms with E-state index in [0.717, 1.165) is 17.3 Å². The van der Waals surface area contributed by atoms with Crippen molar-refractivity contribution < 1.29 is 24.2 Å². The van der Waals surface area contributed by atoms with E-state index in [1.165, 1.54) is 6.08 Å². The van der Waals surface area contributed by atoms with E-state index in [4.69, 9.17) is 9.84 Å². The van der Waals surface area contributed by atoms with E-state index in [0.29, 0.717) is 54.1 Å². The number of benzene rings is 2. The van der Waals surface area contributed by atoms with Gasteiger partial charge in [0.15, 0.2) is 0 Å². The topological polar surface area (TPSA) is 141 Å². The number of hydrogen-bond donors (Lipinski definition) is 3. The molecule has 1 aromatic heterocycles. The van der Waals surface area contributed by atoms with Gasteiger partial charge in [-0.2, -0.15) is 5.26 Å². The molecule has 1 saturated carbocycles. The number of ether oxygens (including phenoxy) is 1. The van der Waals surface area contributed by atoms with E-state index in [1.807, 2.05) is 24.3 Å². The van der Waals surface area contributed by atoms with Gasteiger partial charge in [-0.05, 0) is 67.3 Å². The van der Waals surface area contributed by atoms with Crippen LogP contribution in [0.1, 0.15) is 45.6 Å². The second-order valence-corrected chi connectivity index (χ2v) is 9.64. The lowest BCUT2D eigenvalue weighted by Gasteiger charge is -2.27. The molecule has 2 atom stereocenters. The molecular formula is C30H26N4O5. The number of carboxylic acid groups (broad SMARTS) is 1. The number of nitrogens with one attached hydrogen (secondary N) is 2. The molecule has 5 rings (SSSR count). The Kier molecular flexibility index (Phi) is 7.10. The summed E-state index contributed by atoms with van der Waals surface area (Å²) < 4.78 is 5.86. The Morgan fingerprint density at radius 3 is 2.82 bits per heavy atom. The van der Waals surface area contributed by atoms with Crippen LogP contribution < -0.4 is 15.4 Å². The van der Waals surface area contributed by atoms with E-state index in [2.05, 4.69) is 21.7 Å². The number of fused-ring (bicyclic) bond motifs is 2. The number of nitrogens with zero attached hydrogens (tertiary/aromatic N) is 2. The quantitative estimate of drug-likeness (QED) is 0.383. The second-order valence-electron chi connectivity index (χ2n) is 9.64. The zero-order valence-corrected chi connectivity index (χ0v) is 21.0. The number of nitriles is 1. The average Bonchev–Trinajstić information content (AvgIpc) is 3.67. The number of carbonyl (C=O) groups is 3. The maximum atomic E-state index is 13.4. The van der Waals surface area contributed by atoms with Crippen LogP contribution in [0.5, 0.6) is 5.75 Å². The van der Waals surface area contributed by atoms with E-state index in [-0.39, 0.29) is 24.2 Å². The highest BCUT2D eigenvalue weighted by Crippen LogP contribution is 2.61. The first kappa shape index (κ1) is 25.7. The Morgan fingerprint density at radius 1 is 1.18 bits per heavy atom. The first-order valence-corrected chi connectivity index (χ1v) is 12.6. The largest absolute Gasteiger partial charge is 0.493 e. The van der Waals surface area contributed by atoms with E-state index in [9.17, 15) is 19.6 Å². The molecule has 0 saturated heterocycles. The molecule has 0 radical (unpaired) electrons. The Morgan fingerprint density at radius 2 is 2.05 bits per heavy atom. The Bertz CT molecular complexity index is 1510. The van der Waals surface area contributed by atoms with Crippen molar-refractivity contribution in [2.45, 2.75) is 31.2 Å². The van der Waals surface area contributed by atoms with Crippen LogP contribution in [0.4, 0.5) is 5.69 Å². The van der Waals surface area contributed by atoms with E-state index < -0.39 is 11.4 Å². The molecule has 0 bridgehead atoms. The first-order valence-electron chi connectivity index (χ1n) is 12.6. The van der Waals surface area contributed by atoms with Crippen molar-refractivity contribution in [1.82, 2.24) is 10.3 Å². The van der Waals surface area contributed by atoms with Gasteiger partial charge in [0, 0.05) is 40.4 Å². The summed E-state index contributed by atoms with van der Waals surface area (Å²) in [6, 6.07) is 17.8. The fourth-order valence-electron chi connectivity index (χ4n) is 5.11. The van der Waals surface area contributed by atoms with Crippen LogP contribution in [-0.4, -0.2) is 34.5 Å². The maximum Gasteiger partial charge on any atom is 0.327 e. The molecule has 1 fully saturated rings. The van der Waals surface area contributed by atoms with Gasteiger partial charge in [-0.25, -0.2) is 4.79 Å². The lowest BCUT2D eigenvalue weighted by atomic mass is 9.86. The van der Waals surface area contributed by atoms with Crippen molar-refractivity contribution in [3.63, 3.8) is 0 Å². The molecule has 9 nitrogen and oxygen atoms in total. The number of aromatic nitrogens is 1. The molecule has 2 heterocycles. The molecule has 196 valence electrons. The minimum absolute atomic E-state index is 0.189. The van der Waals surface area contributed by atoms with Gasteiger partial charge in [-0.15, -0.1) is 0 Å². The van der Waals surface area contributed by atoms with Gasteiger partial charge in [-0.1, -0.05) is 18.2 Å².